The third-order valence-electron chi connectivity index (χ3n) is 3.01. The van der Waals surface area contributed by atoms with Crippen LogP contribution in [0.2, 0.25) is 0 Å². The maximum absolute atomic E-state index is 11.8. The molecule has 4 heteroatoms. The SMILES string of the molecule is CC(C)CC(=O)N1CCCC(C(=O)O)CC1. The first kappa shape index (κ1) is 13.0. The molecule has 1 atom stereocenters. The van der Waals surface area contributed by atoms with Crippen LogP contribution < -0.4 is 0 Å². The van der Waals surface area contributed by atoms with E-state index in [4.69, 9.17) is 5.11 Å². The zero-order valence-electron chi connectivity index (χ0n) is 10.1. The molecular formula is C12H21NO3. The van der Waals surface area contributed by atoms with Gasteiger partial charge in [-0.05, 0) is 25.2 Å². The average molecular weight is 227 g/mol. The van der Waals surface area contributed by atoms with Gasteiger partial charge in [0.1, 0.15) is 0 Å². The van der Waals surface area contributed by atoms with E-state index in [-0.39, 0.29) is 11.8 Å². The van der Waals surface area contributed by atoms with Crippen LogP contribution in [0, 0.1) is 11.8 Å². The number of aliphatic carboxylic acids is 1. The molecule has 1 N–H and O–H groups in total. The molecule has 4 nitrogen and oxygen atoms in total. The largest absolute Gasteiger partial charge is 0.481 e. The molecule has 0 saturated carbocycles. The molecule has 1 fully saturated rings. The Labute approximate surface area is 96.6 Å². The summed E-state index contributed by atoms with van der Waals surface area (Å²) >= 11 is 0. The van der Waals surface area contributed by atoms with Crippen molar-refractivity contribution >= 4 is 11.9 Å². The number of carboxylic acids is 1. The number of rotatable bonds is 3. The molecule has 1 heterocycles. The summed E-state index contributed by atoms with van der Waals surface area (Å²) in [6, 6.07) is 0. The zero-order chi connectivity index (χ0) is 12.1. The molecule has 0 aromatic heterocycles. The van der Waals surface area contributed by atoms with Gasteiger partial charge >= 0.3 is 5.97 Å². The Morgan fingerprint density at radius 3 is 2.56 bits per heavy atom. The molecule has 16 heavy (non-hydrogen) atoms. The topological polar surface area (TPSA) is 57.6 Å². The molecule has 1 unspecified atom stereocenters. The number of hydrogen-bond donors (Lipinski definition) is 1. The van der Waals surface area contributed by atoms with Gasteiger partial charge in [0.15, 0.2) is 0 Å². The van der Waals surface area contributed by atoms with E-state index in [9.17, 15) is 9.59 Å². The van der Waals surface area contributed by atoms with E-state index in [0.29, 0.717) is 31.7 Å². The van der Waals surface area contributed by atoms with Gasteiger partial charge in [0.2, 0.25) is 5.91 Å². The molecule has 1 aliphatic rings. The van der Waals surface area contributed by atoms with Gasteiger partial charge in [0, 0.05) is 19.5 Å². The smallest absolute Gasteiger partial charge is 0.306 e. The summed E-state index contributed by atoms with van der Waals surface area (Å²) in [5, 5.41) is 8.93. The van der Waals surface area contributed by atoms with Gasteiger partial charge in [-0.3, -0.25) is 9.59 Å². The van der Waals surface area contributed by atoms with E-state index in [2.05, 4.69) is 0 Å². The van der Waals surface area contributed by atoms with Gasteiger partial charge in [0.25, 0.3) is 0 Å². The van der Waals surface area contributed by atoms with Crippen LogP contribution in [-0.2, 0) is 9.59 Å². The number of carbonyl (C=O) groups is 2. The van der Waals surface area contributed by atoms with Gasteiger partial charge < -0.3 is 10.0 Å². The summed E-state index contributed by atoms with van der Waals surface area (Å²) in [4.78, 5) is 24.5. The van der Waals surface area contributed by atoms with Crippen LogP contribution in [0.25, 0.3) is 0 Å². The monoisotopic (exact) mass is 227 g/mol. The van der Waals surface area contributed by atoms with Crippen LogP contribution in [0.3, 0.4) is 0 Å². The van der Waals surface area contributed by atoms with Crippen molar-refractivity contribution in [3.05, 3.63) is 0 Å². The minimum atomic E-state index is -0.724. The zero-order valence-corrected chi connectivity index (χ0v) is 10.1. The van der Waals surface area contributed by atoms with Gasteiger partial charge in [-0.2, -0.15) is 0 Å². The second-order valence-corrected chi connectivity index (χ2v) is 4.94. The summed E-state index contributed by atoms with van der Waals surface area (Å²) < 4.78 is 0. The van der Waals surface area contributed by atoms with E-state index >= 15 is 0 Å². The van der Waals surface area contributed by atoms with Gasteiger partial charge in [0.05, 0.1) is 5.92 Å². The lowest BCUT2D eigenvalue weighted by atomic mass is 10.0. The fourth-order valence-electron chi connectivity index (χ4n) is 2.07. The summed E-state index contributed by atoms with van der Waals surface area (Å²) in [5.41, 5.74) is 0. The van der Waals surface area contributed by atoms with E-state index in [1.54, 1.807) is 0 Å². The molecule has 0 spiro atoms. The van der Waals surface area contributed by atoms with E-state index in [0.717, 1.165) is 13.0 Å². The maximum atomic E-state index is 11.8. The quantitative estimate of drug-likeness (QED) is 0.799. The Hall–Kier alpha value is -1.06. The molecular weight excluding hydrogens is 206 g/mol. The maximum Gasteiger partial charge on any atom is 0.306 e. The van der Waals surface area contributed by atoms with Crippen LogP contribution in [0.5, 0.6) is 0 Å². The van der Waals surface area contributed by atoms with E-state index in [1.807, 2.05) is 18.7 Å². The molecule has 0 bridgehead atoms. The Kier molecular flexibility index (Phi) is 4.77. The highest BCUT2D eigenvalue weighted by atomic mass is 16.4. The van der Waals surface area contributed by atoms with E-state index in [1.165, 1.54) is 0 Å². The second-order valence-electron chi connectivity index (χ2n) is 4.94. The number of likely N-dealkylation sites (tertiary alicyclic amines) is 1. The van der Waals surface area contributed by atoms with Crippen molar-refractivity contribution in [3.8, 4) is 0 Å². The third kappa shape index (κ3) is 3.83. The number of nitrogens with zero attached hydrogens (tertiary/aromatic N) is 1. The number of hydrogen-bond acceptors (Lipinski definition) is 2. The lowest BCUT2D eigenvalue weighted by Crippen LogP contribution is -2.32. The standard InChI is InChI=1S/C12H21NO3/c1-9(2)8-11(14)13-6-3-4-10(5-7-13)12(15)16/h9-10H,3-8H2,1-2H3,(H,15,16). The Balaban J connectivity index is 2.46. The van der Waals surface area contributed by atoms with Crippen LogP contribution in [0.4, 0.5) is 0 Å². The first-order chi connectivity index (χ1) is 7.50. The molecule has 0 radical (unpaired) electrons. The summed E-state index contributed by atoms with van der Waals surface area (Å²) in [6.45, 7) is 5.36. The second kappa shape index (κ2) is 5.87. The van der Waals surface area contributed by atoms with Crippen LogP contribution in [0.15, 0.2) is 0 Å². The summed E-state index contributed by atoms with van der Waals surface area (Å²) in [6.07, 6.45) is 2.67. The molecule has 92 valence electrons. The Morgan fingerprint density at radius 2 is 2.00 bits per heavy atom. The fraction of sp³-hybridized carbons (Fsp3) is 0.833. The highest BCUT2D eigenvalue weighted by molar-refractivity contribution is 5.76. The highest BCUT2D eigenvalue weighted by Crippen LogP contribution is 2.18. The summed E-state index contributed by atoms with van der Waals surface area (Å²) in [5.74, 6) is -0.456. The third-order valence-corrected chi connectivity index (χ3v) is 3.01. The molecule has 1 saturated heterocycles. The van der Waals surface area contributed by atoms with Crippen molar-refractivity contribution < 1.29 is 14.7 Å². The molecule has 1 aliphatic heterocycles. The predicted octanol–water partition coefficient (Wildman–Crippen LogP) is 1.75. The Morgan fingerprint density at radius 1 is 1.31 bits per heavy atom. The summed E-state index contributed by atoms with van der Waals surface area (Å²) in [7, 11) is 0. The molecule has 0 aromatic carbocycles. The van der Waals surface area contributed by atoms with Crippen LogP contribution in [-0.4, -0.2) is 35.0 Å². The Bertz CT molecular complexity index is 263. The molecule has 1 rings (SSSR count). The van der Waals surface area contributed by atoms with Crippen molar-refractivity contribution in [2.75, 3.05) is 13.1 Å². The normalized spacial score (nSPS) is 21.9. The first-order valence-corrected chi connectivity index (χ1v) is 6.01. The fourth-order valence-corrected chi connectivity index (χ4v) is 2.07. The average Bonchev–Trinajstić information content (AvgIpc) is 2.41. The van der Waals surface area contributed by atoms with Gasteiger partial charge in [-0.1, -0.05) is 13.8 Å². The van der Waals surface area contributed by atoms with Gasteiger partial charge in [-0.15, -0.1) is 0 Å². The number of carboxylic acid groups (broad SMARTS) is 1. The first-order valence-electron chi connectivity index (χ1n) is 6.01. The predicted molar refractivity (Wildman–Crippen MR) is 61.0 cm³/mol. The molecule has 0 aliphatic carbocycles. The van der Waals surface area contributed by atoms with Crippen molar-refractivity contribution in [2.45, 2.75) is 39.5 Å². The van der Waals surface area contributed by atoms with Crippen molar-refractivity contribution in [2.24, 2.45) is 11.8 Å². The van der Waals surface area contributed by atoms with Gasteiger partial charge in [-0.25, -0.2) is 0 Å². The number of carbonyl (C=O) groups excluding carboxylic acids is 1. The highest BCUT2D eigenvalue weighted by Gasteiger charge is 2.24. The minimum Gasteiger partial charge on any atom is -0.481 e. The lowest BCUT2D eigenvalue weighted by molar-refractivity contribution is -0.142. The van der Waals surface area contributed by atoms with Crippen molar-refractivity contribution in [1.29, 1.82) is 0 Å². The van der Waals surface area contributed by atoms with Crippen LogP contribution >= 0.6 is 0 Å². The molecule has 1 amide bonds. The van der Waals surface area contributed by atoms with Crippen molar-refractivity contribution in [1.82, 2.24) is 4.90 Å². The van der Waals surface area contributed by atoms with Crippen molar-refractivity contribution in [3.63, 3.8) is 0 Å². The molecule has 0 aromatic rings. The van der Waals surface area contributed by atoms with E-state index < -0.39 is 5.97 Å². The lowest BCUT2D eigenvalue weighted by Gasteiger charge is -2.21. The van der Waals surface area contributed by atoms with Crippen LogP contribution in [0.1, 0.15) is 39.5 Å². The number of amides is 1. The minimum absolute atomic E-state index is 0.168.